The van der Waals surface area contributed by atoms with Crippen LogP contribution in [0.4, 0.5) is 23.3 Å². The standard InChI is InChI=1S/C19H21N5O2/c1-13-5-8-15(9-6-13)24(2)19-21-12-20-18(23-19)22-14-7-10-16(25-3)17(11-14)26-4/h5-12H,1-4H3,(H,20,21,22,23). The monoisotopic (exact) mass is 351 g/mol. The van der Waals surface area contributed by atoms with Gasteiger partial charge >= 0.3 is 0 Å². The summed E-state index contributed by atoms with van der Waals surface area (Å²) in [5.41, 5.74) is 2.99. The highest BCUT2D eigenvalue weighted by Gasteiger charge is 2.10. The molecule has 0 unspecified atom stereocenters. The number of aromatic nitrogens is 3. The molecule has 0 saturated carbocycles. The number of anilines is 4. The molecule has 7 heteroatoms. The van der Waals surface area contributed by atoms with Crippen LogP contribution in [0.2, 0.25) is 0 Å². The van der Waals surface area contributed by atoms with Crippen molar-refractivity contribution >= 4 is 23.3 Å². The number of hydrogen-bond donors (Lipinski definition) is 1. The number of hydrogen-bond acceptors (Lipinski definition) is 7. The van der Waals surface area contributed by atoms with E-state index in [9.17, 15) is 0 Å². The molecule has 7 nitrogen and oxygen atoms in total. The van der Waals surface area contributed by atoms with Gasteiger partial charge in [-0.15, -0.1) is 0 Å². The quantitative estimate of drug-likeness (QED) is 0.726. The van der Waals surface area contributed by atoms with E-state index in [2.05, 4.69) is 39.3 Å². The van der Waals surface area contributed by atoms with Crippen LogP contribution in [0.5, 0.6) is 11.5 Å². The van der Waals surface area contributed by atoms with Crippen molar-refractivity contribution in [3.63, 3.8) is 0 Å². The Bertz CT molecular complexity index is 883. The molecule has 0 bridgehead atoms. The molecule has 1 N–H and O–H groups in total. The van der Waals surface area contributed by atoms with Crippen LogP contribution in [0.25, 0.3) is 0 Å². The number of nitrogens with one attached hydrogen (secondary N) is 1. The van der Waals surface area contributed by atoms with Crippen molar-refractivity contribution in [1.82, 2.24) is 15.0 Å². The van der Waals surface area contributed by atoms with Gasteiger partial charge in [0.05, 0.1) is 14.2 Å². The summed E-state index contributed by atoms with van der Waals surface area (Å²) in [6, 6.07) is 13.7. The van der Waals surface area contributed by atoms with Gasteiger partial charge in [-0.25, -0.2) is 9.97 Å². The highest BCUT2D eigenvalue weighted by Crippen LogP contribution is 2.30. The zero-order valence-electron chi connectivity index (χ0n) is 15.2. The minimum atomic E-state index is 0.446. The second kappa shape index (κ2) is 7.69. The van der Waals surface area contributed by atoms with Crippen molar-refractivity contribution in [2.45, 2.75) is 6.92 Å². The fourth-order valence-corrected chi connectivity index (χ4v) is 2.44. The van der Waals surface area contributed by atoms with Crippen molar-refractivity contribution in [2.75, 3.05) is 31.5 Å². The fraction of sp³-hybridized carbons (Fsp3) is 0.211. The molecular weight excluding hydrogens is 330 g/mol. The molecule has 0 aliphatic heterocycles. The lowest BCUT2D eigenvalue weighted by molar-refractivity contribution is 0.355. The predicted octanol–water partition coefficient (Wildman–Crippen LogP) is 3.71. The smallest absolute Gasteiger partial charge is 0.234 e. The van der Waals surface area contributed by atoms with Crippen molar-refractivity contribution in [3.8, 4) is 11.5 Å². The van der Waals surface area contributed by atoms with E-state index in [1.807, 2.05) is 42.3 Å². The third-order valence-electron chi connectivity index (χ3n) is 3.92. The predicted molar refractivity (Wildman–Crippen MR) is 102 cm³/mol. The molecule has 0 atom stereocenters. The average molecular weight is 351 g/mol. The zero-order valence-corrected chi connectivity index (χ0v) is 15.2. The first-order chi connectivity index (χ1) is 12.6. The van der Waals surface area contributed by atoms with E-state index in [-0.39, 0.29) is 0 Å². The molecule has 134 valence electrons. The van der Waals surface area contributed by atoms with Crippen molar-refractivity contribution in [3.05, 3.63) is 54.4 Å². The minimum Gasteiger partial charge on any atom is -0.493 e. The number of methoxy groups -OCH3 is 2. The van der Waals surface area contributed by atoms with Crippen molar-refractivity contribution in [2.24, 2.45) is 0 Å². The Labute approximate surface area is 152 Å². The fourth-order valence-electron chi connectivity index (χ4n) is 2.44. The number of nitrogens with zero attached hydrogens (tertiary/aromatic N) is 4. The third-order valence-corrected chi connectivity index (χ3v) is 3.92. The van der Waals surface area contributed by atoms with Gasteiger partial charge in [-0.3, -0.25) is 0 Å². The summed E-state index contributed by atoms with van der Waals surface area (Å²) >= 11 is 0. The molecule has 0 aliphatic rings. The van der Waals surface area contributed by atoms with Crippen LogP contribution in [0.1, 0.15) is 5.56 Å². The molecule has 3 aromatic rings. The van der Waals surface area contributed by atoms with Crippen molar-refractivity contribution < 1.29 is 9.47 Å². The third kappa shape index (κ3) is 3.83. The van der Waals surface area contributed by atoms with Crippen LogP contribution >= 0.6 is 0 Å². The van der Waals surface area contributed by atoms with Gasteiger partial charge in [-0.2, -0.15) is 4.98 Å². The minimum absolute atomic E-state index is 0.446. The Morgan fingerprint density at radius 1 is 0.923 bits per heavy atom. The summed E-state index contributed by atoms with van der Waals surface area (Å²) in [7, 11) is 5.11. The first-order valence-corrected chi connectivity index (χ1v) is 8.09. The molecule has 0 saturated heterocycles. The second-order valence-electron chi connectivity index (χ2n) is 5.70. The van der Waals surface area contributed by atoms with Crippen molar-refractivity contribution in [1.29, 1.82) is 0 Å². The molecule has 1 heterocycles. The molecule has 0 aliphatic carbocycles. The number of rotatable bonds is 6. The van der Waals surface area contributed by atoms with E-state index >= 15 is 0 Å². The van der Waals surface area contributed by atoms with Crippen LogP contribution in [-0.2, 0) is 0 Å². The van der Waals surface area contributed by atoms with E-state index in [0.29, 0.717) is 23.4 Å². The maximum atomic E-state index is 5.32. The molecule has 2 aromatic carbocycles. The van der Waals surface area contributed by atoms with E-state index in [1.54, 1.807) is 14.2 Å². The Hall–Kier alpha value is -3.35. The summed E-state index contributed by atoms with van der Waals surface area (Å²) in [4.78, 5) is 14.8. The van der Waals surface area contributed by atoms with Crippen LogP contribution in [0.15, 0.2) is 48.8 Å². The lowest BCUT2D eigenvalue weighted by atomic mass is 10.2. The van der Waals surface area contributed by atoms with Gasteiger partial charge in [0.15, 0.2) is 11.5 Å². The van der Waals surface area contributed by atoms with E-state index < -0.39 is 0 Å². The molecule has 0 amide bonds. The maximum Gasteiger partial charge on any atom is 0.234 e. The Morgan fingerprint density at radius 3 is 2.35 bits per heavy atom. The highest BCUT2D eigenvalue weighted by atomic mass is 16.5. The molecule has 0 radical (unpaired) electrons. The lowest BCUT2D eigenvalue weighted by Crippen LogP contribution is -2.14. The zero-order chi connectivity index (χ0) is 18.5. The Morgan fingerprint density at radius 2 is 1.65 bits per heavy atom. The molecule has 1 aromatic heterocycles. The van der Waals surface area contributed by atoms with E-state index in [0.717, 1.165) is 11.4 Å². The van der Waals surface area contributed by atoms with Gasteiger partial charge in [-0.05, 0) is 31.2 Å². The van der Waals surface area contributed by atoms with Gasteiger partial charge in [0, 0.05) is 24.5 Å². The molecular formula is C19H21N5O2. The highest BCUT2D eigenvalue weighted by molar-refractivity contribution is 5.61. The summed E-state index contributed by atoms with van der Waals surface area (Å²) in [5, 5.41) is 3.16. The first-order valence-electron chi connectivity index (χ1n) is 8.09. The number of benzene rings is 2. The summed E-state index contributed by atoms with van der Waals surface area (Å²) in [5.74, 6) is 2.28. The van der Waals surface area contributed by atoms with Gasteiger partial charge in [0.2, 0.25) is 11.9 Å². The van der Waals surface area contributed by atoms with Crippen LogP contribution < -0.4 is 19.7 Å². The van der Waals surface area contributed by atoms with E-state index in [4.69, 9.17) is 9.47 Å². The van der Waals surface area contributed by atoms with Gasteiger partial charge < -0.3 is 19.7 Å². The largest absolute Gasteiger partial charge is 0.493 e. The summed E-state index contributed by atoms with van der Waals surface area (Å²) in [6.45, 7) is 2.05. The Kier molecular flexibility index (Phi) is 5.17. The molecule has 3 rings (SSSR count). The maximum absolute atomic E-state index is 5.32. The van der Waals surface area contributed by atoms with Crippen LogP contribution in [0.3, 0.4) is 0 Å². The van der Waals surface area contributed by atoms with Gasteiger partial charge in [0.25, 0.3) is 0 Å². The summed E-state index contributed by atoms with van der Waals surface area (Å²) < 4.78 is 10.6. The molecule has 0 fully saturated rings. The summed E-state index contributed by atoms with van der Waals surface area (Å²) in [6.07, 6.45) is 1.48. The number of aryl methyl sites for hydroxylation is 1. The van der Waals surface area contributed by atoms with Gasteiger partial charge in [0.1, 0.15) is 6.33 Å². The molecule has 26 heavy (non-hydrogen) atoms. The first kappa shape index (κ1) is 17.5. The van der Waals surface area contributed by atoms with E-state index in [1.165, 1.54) is 11.9 Å². The lowest BCUT2D eigenvalue weighted by Gasteiger charge is -2.17. The molecule has 0 spiro atoms. The average Bonchev–Trinajstić information content (AvgIpc) is 2.68. The van der Waals surface area contributed by atoms with Crippen LogP contribution in [-0.4, -0.2) is 36.2 Å². The van der Waals surface area contributed by atoms with Crippen LogP contribution in [0, 0.1) is 6.92 Å². The Balaban J connectivity index is 1.82. The van der Waals surface area contributed by atoms with Gasteiger partial charge in [-0.1, -0.05) is 17.7 Å². The SMILES string of the molecule is COc1ccc(Nc2ncnc(N(C)c3ccc(C)cc3)n2)cc1OC. The normalized spacial score (nSPS) is 10.3. The topological polar surface area (TPSA) is 72.4 Å². The second-order valence-corrected chi connectivity index (χ2v) is 5.70. The number of ether oxygens (including phenoxy) is 2.